The Morgan fingerprint density at radius 1 is 1.16 bits per heavy atom. The Hall–Kier alpha value is -1.14. The minimum Gasteiger partial charge on any atom is -0.497 e. The molecule has 0 amide bonds. The van der Waals surface area contributed by atoms with Crippen LogP contribution in [0.15, 0.2) is 24.3 Å². The Kier molecular flexibility index (Phi) is 3.82. The van der Waals surface area contributed by atoms with Crippen molar-refractivity contribution in [3.63, 3.8) is 0 Å². The van der Waals surface area contributed by atoms with E-state index in [1.807, 2.05) is 0 Å². The summed E-state index contributed by atoms with van der Waals surface area (Å²) in [5, 5.41) is 30.3. The van der Waals surface area contributed by atoms with Gasteiger partial charge in [0.2, 0.25) is 0 Å². The van der Waals surface area contributed by atoms with Gasteiger partial charge in [0.1, 0.15) is 29.7 Å². The lowest BCUT2D eigenvalue weighted by Crippen LogP contribution is -2.61. The predicted molar refractivity (Wildman–Crippen MR) is 68.9 cm³/mol. The highest BCUT2D eigenvalue weighted by atomic mass is 16.5. The van der Waals surface area contributed by atoms with Crippen LogP contribution >= 0.6 is 0 Å². The van der Waals surface area contributed by atoms with Crippen molar-refractivity contribution < 1.29 is 24.8 Å². The highest BCUT2D eigenvalue weighted by molar-refractivity contribution is 5.30. The second-order valence-electron chi connectivity index (χ2n) is 5.15. The summed E-state index contributed by atoms with van der Waals surface area (Å²) in [6.45, 7) is 3.08. The average Bonchev–Trinajstić information content (AvgIpc) is 2.41. The molecule has 19 heavy (non-hydrogen) atoms. The number of benzene rings is 1. The molecule has 1 aliphatic rings. The number of aliphatic hydroxyl groups is 3. The molecule has 1 heterocycles. The maximum absolute atomic E-state index is 10.2. The molecule has 1 saturated heterocycles. The molecule has 3 N–H and O–H groups in total. The first-order valence-electron chi connectivity index (χ1n) is 6.26. The van der Waals surface area contributed by atoms with Gasteiger partial charge in [-0.25, -0.2) is 0 Å². The van der Waals surface area contributed by atoms with Gasteiger partial charge in [0.25, 0.3) is 0 Å². The van der Waals surface area contributed by atoms with Crippen molar-refractivity contribution in [1.82, 2.24) is 0 Å². The molecule has 0 bridgehead atoms. The number of rotatable bonds is 2. The summed E-state index contributed by atoms with van der Waals surface area (Å²) in [6.07, 6.45) is -3.58. The lowest BCUT2D eigenvalue weighted by molar-refractivity contribution is -0.261. The zero-order valence-electron chi connectivity index (χ0n) is 11.3. The molecule has 0 aromatic heterocycles. The predicted octanol–water partition coefficient (Wildman–Crippen LogP) is 0.628. The van der Waals surface area contributed by atoms with E-state index >= 15 is 0 Å². The van der Waals surface area contributed by atoms with Gasteiger partial charge < -0.3 is 24.8 Å². The molecule has 2 rings (SSSR count). The molecule has 0 spiro atoms. The van der Waals surface area contributed by atoms with Crippen LogP contribution in [0, 0.1) is 0 Å². The minimum atomic E-state index is -1.61. The van der Waals surface area contributed by atoms with Gasteiger partial charge in [-0.2, -0.15) is 0 Å². The first-order chi connectivity index (χ1) is 8.87. The number of methoxy groups -OCH3 is 1. The Bertz CT molecular complexity index is 428. The molecule has 1 aromatic carbocycles. The molecular formula is C14H20O5. The summed E-state index contributed by atoms with van der Waals surface area (Å²) in [5.41, 5.74) is -0.880. The Balaban J connectivity index is 2.28. The fourth-order valence-corrected chi connectivity index (χ4v) is 2.39. The lowest BCUT2D eigenvalue weighted by Gasteiger charge is -2.46. The lowest BCUT2D eigenvalue weighted by atomic mass is 9.81. The van der Waals surface area contributed by atoms with Crippen LogP contribution < -0.4 is 4.74 Å². The highest BCUT2D eigenvalue weighted by Crippen LogP contribution is 2.38. The van der Waals surface area contributed by atoms with E-state index in [1.165, 1.54) is 6.92 Å². The number of hydrogen-bond acceptors (Lipinski definition) is 5. The SMILES string of the molecule is COc1ccc([C@H]2O[C@@H](C)[C@@H](O)[C@](C)(O)[C@@H]2O)cc1. The molecule has 1 aromatic rings. The van der Waals surface area contributed by atoms with E-state index in [0.717, 1.165) is 5.56 Å². The fraction of sp³-hybridized carbons (Fsp3) is 0.571. The highest BCUT2D eigenvalue weighted by Gasteiger charge is 2.50. The van der Waals surface area contributed by atoms with Gasteiger partial charge >= 0.3 is 0 Å². The molecule has 1 fully saturated rings. The van der Waals surface area contributed by atoms with Crippen LogP contribution in [-0.2, 0) is 4.74 Å². The third-order valence-corrected chi connectivity index (χ3v) is 3.73. The summed E-state index contributed by atoms with van der Waals surface area (Å²) in [6, 6.07) is 7.06. The average molecular weight is 268 g/mol. The van der Waals surface area contributed by atoms with Crippen molar-refractivity contribution in [2.24, 2.45) is 0 Å². The third kappa shape index (κ3) is 2.47. The van der Waals surface area contributed by atoms with Crippen LogP contribution in [0.3, 0.4) is 0 Å². The third-order valence-electron chi connectivity index (χ3n) is 3.73. The quantitative estimate of drug-likeness (QED) is 0.733. The monoisotopic (exact) mass is 268 g/mol. The van der Waals surface area contributed by atoms with E-state index in [-0.39, 0.29) is 0 Å². The van der Waals surface area contributed by atoms with Gasteiger partial charge in [0.15, 0.2) is 0 Å². The molecule has 0 aliphatic carbocycles. The largest absolute Gasteiger partial charge is 0.497 e. The Morgan fingerprint density at radius 2 is 1.74 bits per heavy atom. The summed E-state index contributed by atoms with van der Waals surface area (Å²) < 4.78 is 10.7. The van der Waals surface area contributed by atoms with Crippen molar-refractivity contribution in [2.45, 2.75) is 43.9 Å². The Morgan fingerprint density at radius 3 is 2.26 bits per heavy atom. The summed E-state index contributed by atoms with van der Waals surface area (Å²) in [4.78, 5) is 0. The van der Waals surface area contributed by atoms with E-state index in [9.17, 15) is 15.3 Å². The second kappa shape index (κ2) is 5.09. The molecular weight excluding hydrogens is 248 g/mol. The minimum absolute atomic E-state index is 0.564. The topological polar surface area (TPSA) is 79.2 Å². The smallest absolute Gasteiger partial charge is 0.119 e. The molecule has 0 saturated carbocycles. The second-order valence-corrected chi connectivity index (χ2v) is 5.15. The summed E-state index contributed by atoms with van der Waals surface area (Å²) in [7, 11) is 1.57. The molecule has 5 atom stereocenters. The van der Waals surface area contributed by atoms with Crippen LogP contribution in [0.2, 0.25) is 0 Å². The van der Waals surface area contributed by atoms with Gasteiger partial charge in [0.05, 0.1) is 13.2 Å². The molecule has 0 unspecified atom stereocenters. The maximum Gasteiger partial charge on any atom is 0.119 e. The molecule has 1 aliphatic heterocycles. The van der Waals surface area contributed by atoms with Crippen LogP contribution in [0.25, 0.3) is 0 Å². The van der Waals surface area contributed by atoms with Crippen molar-refractivity contribution in [2.75, 3.05) is 7.11 Å². The summed E-state index contributed by atoms with van der Waals surface area (Å²) in [5.74, 6) is 0.703. The summed E-state index contributed by atoms with van der Waals surface area (Å²) >= 11 is 0. The van der Waals surface area contributed by atoms with Gasteiger partial charge in [-0.05, 0) is 31.5 Å². The number of aliphatic hydroxyl groups excluding tert-OH is 2. The van der Waals surface area contributed by atoms with Crippen molar-refractivity contribution in [1.29, 1.82) is 0 Å². The molecule has 5 heteroatoms. The van der Waals surface area contributed by atoms with Crippen molar-refractivity contribution >= 4 is 0 Å². The Labute approximate surface area is 112 Å². The first kappa shape index (κ1) is 14.3. The van der Waals surface area contributed by atoms with Gasteiger partial charge in [-0.15, -0.1) is 0 Å². The van der Waals surface area contributed by atoms with Gasteiger partial charge in [-0.3, -0.25) is 0 Å². The van der Waals surface area contributed by atoms with Gasteiger partial charge in [-0.1, -0.05) is 12.1 Å². The molecule has 5 nitrogen and oxygen atoms in total. The number of ether oxygens (including phenoxy) is 2. The van der Waals surface area contributed by atoms with E-state index in [4.69, 9.17) is 9.47 Å². The van der Waals surface area contributed by atoms with E-state index in [0.29, 0.717) is 5.75 Å². The van der Waals surface area contributed by atoms with Crippen LogP contribution in [-0.4, -0.2) is 46.3 Å². The normalized spacial score (nSPS) is 39.1. The standard InChI is InChI=1S/C14H20O5/c1-8-12(15)14(2,17)13(16)11(19-8)9-4-6-10(18-3)7-5-9/h4-8,11-13,15-17H,1-3H3/t8-,11+,12+,13+,14-/m0/s1. The zero-order chi connectivity index (χ0) is 14.2. The van der Waals surface area contributed by atoms with Crippen LogP contribution in [0.5, 0.6) is 5.75 Å². The first-order valence-corrected chi connectivity index (χ1v) is 6.26. The molecule has 0 radical (unpaired) electrons. The van der Waals surface area contributed by atoms with Crippen molar-refractivity contribution in [3.8, 4) is 5.75 Å². The molecule has 106 valence electrons. The van der Waals surface area contributed by atoms with E-state index in [2.05, 4.69) is 0 Å². The zero-order valence-corrected chi connectivity index (χ0v) is 11.3. The maximum atomic E-state index is 10.2. The van der Waals surface area contributed by atoms with Crippen LogP contribution in [0.4, 0.5) is 0 Å². The van der Waals surface area contributed by atoms with E-state index < -0.39 is 30.0 Å². The van der Waals surface area contributed by atoms with Gasteiger partial charge in [0, 0.05) is 0 Å². The number of hydrogen-bond donors (Lipinski definition) is 3. The van der Waals surface area contributed by atoms with E-state index in [1.54, 1.807) is 38.3 Å². The van der Waals surface area contributed by atoms with Crippen LogP contribution in [0.1, 0.15) is 25.5 Å². The van der Waals surface area contributed by atoms with Crippen molar-refractivity contribution in [3.05, 3.63) is 29.8 Å². The fourth-order valence-electron chi connectivity index (χ4n) is 2.39.